The van der Waals surface area contributed by atoms with Crippen molar-refractivity contribution in [1.29, 1.82) is 0 Å². The van der Waals surface area contributed by atoms with E-state index in [1.807, 2.05) is 0 Å². The molecule has 0 aliphatic heterocycles. The van der Waals surface area contributed by atoms with Crippen LogP contribution < -0.4 is 5.32 Å². The molecule has 3 heterocycles. The minimum Gasteiger partial charge on any atom is -0.369 e. The second-order valence-corrected chi connectivity index (χ2v) is 4.36. The first-order valence-corrected chi connectivity index (χ1v) is 6.18. The molecule has 17 heavy (non-hydrogen) atoms. The molecule has 86 valence electrons. The first kappa shape index (κ1) is 10.2. The Hall–Kier alpha value is -1.95. The van der Waals surface area contributed by atoms with Crippen molar-refractivity contribution in [2.24, 2.45) is 0 Å². The Morgan fingerprint density at radius 2 is 2.35 bits per heavy atom. The SMILES string of the molecule is c1nc(NCCc2ccsc2)c2cnoc2n1. The van der Waals surface area contributed by atoms with E-state index in [9.17, 15) is 0 Å². The molecule has 3 aromatic heterocycles. The second-order valence-electron chi connectivity index (χ2n) is 3.58. The number of nitrogens with zero attached hydrogens (tertiary/aromatic N) is 3. The lowest BCUT2D eigenvalue weighted by Gasteiger charge is -2.04. The number of anilines is 1. The van der Waals surface area contributed by atoms with E-state index in [1.54, 1.807) is 17.5 Å². The van der Waals surface area contributed by atoms with Crippen molar-refractivity contribution >= 4 is 28.3 Å². The summed E-state index contributed by atoms with van der Waals surface area (Å²) in [6.07, 6.45) is 4.07. The van der Waals surface area contributed by atoms with Crippen LogP contribution in [0.25, 0.3) is 11.1 Å². The highest BCUT2D eigenvalue weighted by atomic mass is 32.1. The van der Waals surface area contributed by atoms with Crippen LogP contribution in [0.1, 0.15) is 5.56 Å². The van der Waals surface area contributed by atoms with Crippen molar-refractivity contribution in [1.82, 2.24) is 15.1 Å². The van der Waals surface area contributed by atoms with Crippen LogP contribution in [0.2, 0.25) is 0 Å². The highest BCUT2D eigenvalue weighted by Crippen LogP contribution is 2.17. The molecule has 3 rings (SSSR count). The highest BCUT2D eigenvalue weighted by molar-refractivity contribution is 7.07. The smallest absolute Gasteiger partial charge is 0.262 e. The molecule has 0 saturated carbocycles. The summed E-state index contributed by atoms with van der Waals surface area (Å²) in [6.45, 7) is 0.827. The minimum atomic E-state index is 0.512. The molecule has 1 N–H and O–H groups in total. The van der Waals surface area contributed by atoms with Gasteiger partial charge in [0.2, 0.25) is 0 Å². The summed E-state index contributed by atoms with van der Waals surface area (Å²) < 4.78 is 4.97. The van der Waals surface area contributed by atoms with Gasteiger partial charge in [-0.2, -0.15) is 16.3 Å². The third-order valence-corrected chi connectivity index (χ3v) is 3.19. The van der Waals surface area contributed by atoms with Gasteiger partial charge in [0.1, 0.15) is 17.5 Å². The number of aromatic nitrogens is 3. The highest BCUT2D eigenvalue weighted by Gasteiger charge is 2.06. The molecule has 0 unspecified atom stereocenters. The van der Waals surface area contributed by atoms with Crippen molar-refractivity contribution in [3.8, 4) is 0 Å². The minimum absolute atomic E-state index is 0.512. The van der Waals surface area contributed by atoms with Crippen LogP contribution in [0.3, 0.4) is 0 Å². The van der Waals surface area contributed by atoms with E-state index in [-0.39, 0.29) is 0 Å². The number of fused-ring (bicyclic) bond motifs is 1. The lowest BCUT2D eigenvalue weighted by Crippen LogP contribution is -2.06. The molecule has 0 aliphatic rings. The second kappa shape index (κ2) is 4.50. The van der Waals surface area contributed by atoms with E-state index in [0.29, 0.717) is 5.71 Å². The summed E-state index contributed by atoms with van der Waals surface area (Å²) in [6, 6.07) is 2.13. The monoisotopic (exact) mass is 246 g/mol. The standard InChI is InChI=1S/C11H10N4OS/c1(8-2-4-17-6-8)3-12-10-9-5-15-16-11(9)14-7-13-10/h2,4-7H,1,3H2,(H,12,13,14). The Balaban J connectivity index is 1.70. The summed E-state index contributed by atoms with van der Waals surface area (Å²) in [4.78, 5) is 8.16. The van der Waals surface area contributed by atoms with Crippen LogP contribution in [-0.2, 0) is 6.42 Å². The quantitative estimate of drug-likeness (QED) is 0.765. The van der Waals surface area contributed by atoms with E-state index in [1.165, 1.54) is 11.9 Å². The van der Waals surface area contributed by atoms with Crippen molar-refractivity contribution in [3.05, 3.63) is 34.9 Å². The molecule has 0 spiro atoms. The van der Waals surface area contributed by atoms with Crippen LogP contribution in [0, 0.1) is 0 Å². The van der Waals surface area contributed by atoms with Crippen LogP contribution in [0.5, 0.6) is 0 Å². The first-order valence-electron chi connectivity index (χ1n) is 5.24. The van der Waals surface area contributed by atoms with Crippen molar-refractivity contribution in [2.45, 2.75) is 6.42 Å². The topological polar surface area (TPSA) is 63.8 Å². The van der Waals surface area contributed by atoms with Gasteiger partial charge in [-0.3, -0.25) is 0 Å². The number of nitrogens with one attached hydrogen (secondary N) is 1. The molecule has 0 bridgehead atoms. The molecular weight excluding hydrogens is 236 g/mol. The van der Waals surface area contributed by atoms with Crippen molar-refractivity contribution < 1.29 is 4.52 Å². The van der Waals surface area contributed by atoms with Gasteiger partial charge in [-0.1, -0.05) is 5.16 Å². The van der Waals surface area contributed by atoms with Gasteiger partial charge in [-0.05, 0) is 28.8 Å². The van der Waals surface area contributed by atoms with E-state index < -0.39 is 0 Å². The number of hydrogen-bond donors (Lipinski definition) is 1. The van der Waals surface area contributed by atoms with Crippen LogP contribution >= 0.6 is 11.3 Å². The van der Waals surface area contributed by atoms with Gasteiger partial charge in [0.05, 0.1) is 6.20 Å². The molecule has 3 aromatic rings. The Morgan fingerprint density at radius 1 is 1.35 bits per heavy atom. The zero-order valence-electron chi connectivity index (χ0n) is 8.96. The van der Waals surface area contributed by atoms with E-state index in [0.717, 1.165) is 24.2 Å². The predicted molar refractivity (Wildman–Crippen MR) is 66.1 cm³/mol. The molecule has 0 radical (unpaired) electrons. The molecule has 0 amide bonds. The first-order chi connectivity index (χ1) is 8.43. The lowest BCUT2D eigenvalue weighted by molar-refractivity contribution is 0.448. The van der Waals surface area contributed by atoms with Gasteiger partial charge in [0, 0.05) is 6.54 Å². The molecule has 0 aromatic carbocycles. The maximum atomic E-state index is 4.97. The van der Waals surface area contributed by atoms with Gasteiger partial charge in [0.15, 0.2) is 0 Å². The summed E-state index contributed by atoms with van der Waals surface area (Å²) in [5, 5.41) is 12.0. The number of hydrogen-bond acceptors (Lipinski definition) is 6. The summed E-state index contributed by atoms with van der Waals surface area (Å²) >= 11 is 1.71. The fourth-order valence-corrected chi connectivity index (χ4v) is 2.30. The average molecular weight is 246 g/mol. The fraction of sp³-hybridized carbons (Fsp3) is 0.182. The third kappa shape index (κ3) is 2.12. The van der Waals surface area contributed by atoms with Crippen molar-refractivity contribution in [2.75, 3.05) is 11.9 Å². The van der Waals surface area contributed by atoms with Gasteiger partial charge in [-0.15, -0.1) is 0 Å². The molecule has 5 nitrogen and oxygen atoms in total. The molecule has 0 atom stereocenters. The van der Waals surface area contributed by atoms with Gasteiger partial charge in [0.25, 0.3) is 5.71 Å². The Morgan fingerprint density at radius 3 is 3.24 bits per heavy atom. The Bertz CT molecular complexity index is 605. The van der Waals surface area contributed by atoms with E-state index in [4.69, 9.17) is 4.52 Å². The third-order valence-electron chi connectivity index (χ3n) is 2.45. The normalized spacial score (nSPS) is 10.8. The zero-order valence-corrected chi connectivity index (χ0v) is 9.78. The summed E-state index contributed by atoms with van der Waals surface area (Å²) in [5.41, 5.74) is 1.84. The van der Waals surface area contributed by atoms with Gasteiger partial charge in [-0.25, -0.2) is 4.98 Å². The lowest BCUT2D eigenvalue weighted by atomic mass is 10.2. The van der Waals surface area contributed by atoms with Crippen molar-refractivity contribution in [3.63, 3.8) is 0 Å². The number of thiophene rings is 1. The maximum Gasteiger partial charge on any atom is 0.262 e. The molecule has 6 heteroatoms. The predicted octanol–water partition coefficient (Wildman–Crippen LogP) is 2.33. The maximum absolute atomic E-state index is 4.97. The van der Waals surface area contributed by atoms with Gasteiger partial charge >= 0.3 is 0 Å². The Labute approximate surface area is 101 Å². The Kier molecular flexibility index (Phi) is 2.71. The zero-order chi connectivity index (χ0) is 11.5. The summed E-state index contributed by atoms with van der Waals surface area (Å²) in [7, 11) is 0. The van der Waals surface area contributed by atoms with E-state index in [2.05, 4.69) is 37.3 Å². The van der Waals surface area contributed by atoms with Gasteiger partial charge < -0.3 is 9.84 Å². The number of rotatable bonds is 4. The molecular formula is C11H10N4OS. The molecule has 0 saturated heterocycles. The molecule has 0 aliphatic carbocycles. The summed E-state index contributed by atoms with van der Waals surface area (Å²) in [5.74, 6) is 0.770. The largest absolute Gasteiger partial charge is 0.369 e. The van der Waals surface area contributed by atoms with Crippen LogP contribution in [-0.4, -0.2) is 21.7 Å². The van der Waals surface area contributed by atoms with Crippen LogP contribution in [0.15, 0.2) is 33.9 Å². The fourth-order valence-electron chi connectivity index (χ4n) is 1.60. The average Bonchev–Trinajstić information content (AvgIpc) is 2.99. The van der Waals surface area contributed by atoms with E-state index >= 15 is 0 Å². The van der Waals surface area contributed by atoms with Crippen LogP contribution in [0.4, 0.5) is 5.82 Å². The molecule has 0 fully saturated rings.